The van der Waals surface area contributed by atoms with E-state index in [1.54, 1.807) is 4.90 Å². The van der Waals surface area contributed by atoms with Gasteiger partial charge in [0.25, 0.3) is 0 Å². The molecule has 1 aromatic heterocycles. The number of carboxylic acid groups (broad SMARTS) is 1. The predicted octanol–water partition coefficient (Wildman–Crippen LogP) is 2.14. The molecule has 3 amide bonds. The molecule has 3 N–H and O–H groups in total. The second kappa shape index (κ2) is 9.32. The first-order valence-corrected chi connectivity index (χ1v) is 13.4. The van der Waals surface area contributed by atoms with Crippen molar-refractivity contribution in [2.75, 3.05) is 18.1 Å². The van der Waals surface area contributed by atoms with Crippen LogP contribution in [-0.2, 0) is 9.59 Å². The zero-order valence-corrected chi connectivity index (χ0v) is 20.1. The van der Waals surface area contributed by atoms with Crippen LogP contribution in [0.4, 0.5) is 4.79 Å². The van der Waals surface area contributed by atoms with Crippen molar-refractivity contribution in [1.29, 1.82) is 0 Å². The number of nitrogens with one attached hydrogen (secondary N) is 2. The minimum atomic E-state index is -1.07. The van der Waals surface area contributed by atoms with E-state index in [0.717, 1.165) is 35.0 Å². The molecule has 9 nitrogen and oxygen atoms in total. The summed E-state index contributed by atoms with van der Waals surface area (Å²) in [6.45, 7) is 1.97. The van der Waals surface area contributed by atoms with Gasteiger partial charge in [-0.2, -0.15) is 0 Å². The van der Waals surface area contributed by atoms with E-state index in [2.05, 4.69) is 20.8 Å². The van der Waals surface area contributed by atoms with Gasteiger partial charge in [-0.25, -0.2) is 4.79 Å². The second-order valence-corrected chi connectivity index (χ2v) is 12.2. The number of urea groups is 1. The van der Waals surface area contributed by atoms with E-state index < -0.39 is 23.5 Å². The third-order valence-electron chi connectivity index (χ3n) is 5.86. The number of rotatable bonds is 6. The Morgan fingerprint density at radius 3 is 2.77 bits per heavy atom. The number of carbonyl (C=O) groups excluding carboxylic acids is 2. The van der Waals surface area contributed by atoms with Crippen molar-refractivity contribution in [3.05, 3.63) is 5.01 Å². The van der Waals surface area contributed by atoms with Gasteiger partial charge in [0.2, 0.25) is 5.91 Å². The summed E-state index contributed by atoms with van der Waals surface area (Å²) in [6.07, 6.45) is 3.78. The molecule has 1 aromatic rings. The molecule has 3 fully saturated rings. The summed E-state index contributed by atoms with van der Waals surface area (Å²) in [7, 11) is 0. The lowest BCUT2D eigenvalue weighted by atomic mass is 9.89. The van der Waals surface area contributed by atoms with Crippen LogP contribution in [0.2, 0.25) is 0 Å². The molecule has 4 unspecified atom stereocenters. The highest BCUT2D eigenvalue weighted by molar-refractivity contribution is 8.01. The van der Waals surface area contributed by atoms with Crippen LogP contribution in [0.5, 0.6) is 0 Å². The molecule has 0 spiro atoms. The fraction of sp³-hybridized carbons (Fsp3) is 0.722. The van der Waals surface area contributed by atoms with Crippen LogP contribution in [0.15, 0.2) is 4.34 Å². The molecule has 3 heterocycles. The van der Waals surface area contributed by atoms with Crippen molar-refractivity contribution < 1.29 is 19.5 Å². The van der Waals surface area contributed by atoms with Gasteiger partial charge in [-0.1, -0.05) is 35.9 Å². The van der Waals surface area contributed by atoms with Crippen LogP contribution >= 0.6 is 46.5 Å². The highest BCUT2D eigenvalue weighted by Crippen LogP contribution is 2.44. The number of alkyl halides is 1. The lowest BCUT2D eigenvalue weighted by Gasteiger charge is -2.53. The fourth-order valence-electron chi connectivity index (χ4n) is 4.04. The van der Waals surface area contributed by atoms with Crippen LogP contribution < -0.4 is 10.6 Å². The van der Waals surface area contributed by atoms with Crippen LogP contribution in [0, 0.1) is 12.3 Å². The van der Waals surface area contributed by atoms with Gasteiger partial charge in [0, 0.05) is 24.1 Å². The highest BCUT2D eigenvalue weighted by Gasteiger charge is 2.57. The number of aryl methyl sites for hydroxylation is 1. The van der Waals surface area contributed by atoms with Gasteiger partial charge in [-0.15, -0.1) is 33.6 Å². The minimum Gasteiger partial charge on any atom is -0.481 e. The molecule has 2 saturated heterocycles. The summed E-state index contributed by atoms with van der Waals surface area (Å²) in [5.74, 6) is -0.522. The first-order chi connectivity index (χ1) is 14.8. The smallest absolute Gasteiger partial charge is 0.315 e. The predicted molar refractivity (Wildman–Crippen MR) is 121 cm³/mol. The summed E-state index contributed by atoms with van der Waals surface area (Å²) < 4.78 is 0.719. The number of aromatic nitrogens is 2. The normalized spacial score (nSPS) is 32.7. The zero-order valence-electron chi connectivity index (χ0n) is 16.9. The number of carboxylic acids is 1. The molecule has 4 rings (SSSR count). The Bertz CT molecular complexity index is 873. The number of thioether (sulfide) groups is 2. The van der Waals surface area contributed by atoms with Crippen LogP contribution in [0.25, 0.3) is 0 Å². The van der Waals surface area contributed by atoms with E-state index in [1.165, 1.54) is 34.9 Å². The van der Waals surface area contributed by atoms with Crippen LogP contribution in [0.3, 0.4) is 0 Å². The van der Waals surface area contributed by atoms with Crippen molar-refractivity contribution in [2.24, 2.45) is 5.41 Å². The van der Waals surface area contributed by atoms with E-state index >= 15 is 0 Å². The summed E-state index contributed by atoms with van der Waals surface area (Å²) >= 11 is 10.5. The van der Waals surface area contributed by atoms with Gasteiger partial charge in [-0.05, 0) is 19.8 Å². The average molecular weight is 506 g/mol. The van der Waals surface area contributed by atoms with E-state index in [1.807, 2.05) is 6.92 Å². The summed E-state index contributed by atoms with van der Waals surface area (Å²) in [5.41, 5.74) is -1.07. The van der Waals surface area contributed by atoms with Gasteiger partial charge in [0.05, 0.1) is 5.38 Å². The quantitative estimate of drug-likeness (QED) is 0.305. The Morgan fingerprint density at radius 2 is 2.10 bits per heavy atom. The molecule has 1 saturated carbocycles. The van der Waals surface area contributed by atoms with Gasteiger partial charge >= 0.3 is 12.0 Å². The van der Waals surface area contributed by atoms with E-state index in [4.69, 9.17) is 11.6 Å². The summed E-state index contributed by atoms with van der Waals surface area (Å²) in [4.78, 5) is 38.8. The maximum Gasteiger partial charge on any atom is 0.315 e. The summed E-state index contributed by atoms with van der Waals surface area (Å²) in [5, 5.41) is 24.0. The Kier molecular flexibility index (Phi) is 6.90. The number of aliphatic carboxylic acids is 1. The largest absolute Gasteiger partial charge is 0.481 e. The molecule has 31 heavy (non-hydrogen) atoms. The van der Waals surface area contributed by atoms with E-state index in [9.17, 15) is 19.5 Å². The number of fused-ring (bicyclic) bond motifs is 1. The number of amides is 3. The topological polar surface area (TPSA) is 125 Å². The maximum absolute atomic E-state index is 12.7. The van der Waals surface area contributed by atoms with Crippen molar-refractivity contribution >= 4 is 64.4 Å². The lowest BCUT2D eigenvalue weighted by molar-refractivity contribution is -0.156. The molecule has 170 valence electrons. The number of halogens is 1. The Balaban J connectivity index is 1.33. The van der Waals surface area contributed by atoms with E-state index in [-0.39, 0.29) is 29.2 Å². The molecule has 0 radical (unpaired) electrons. The van der Waals surface area contributed by atoms with Gasteiger partial charge in [-0.3, -0.25) is 9.59 Å². The fourth-order valence-corrected chi connectivity index (χ4v) is 8.06. The number of nitrogens with zero attached hydrogens (tertiary/aromatic N) is 3. The van der Waals surface area contributed by atoms with E-state index in [0.29, 0.717) is 11.5 Å². The monoisotopic (exact) mass is 505 g/mol. The van der Waals surface area contributed by atoms with Crippen molar-refractivity contribution in [1.82, 2.24) is 25.7 Å². The van der Waals surface area contributed by atoms with Gasteiger partial charge in [0.15, 0.2) is 4.34 Å². The third kappa shape index (κ3) is 4.76. The number of hydrogen-bond acceptors (Lipinski definition) is 8. The van der Waals surface area contributed by atoms with Crippen molar-refractivity contribution in [3.8, 4) is 0 Å². The Labute approximate surface area is 197 Å². The molecule has 3 aliphatic rings. The second-order valence-electron chi connectivity index (χ2n) is 8.13. The molecule has 0 bridgehead atoms. The molecule has 1 aliphatic carbocycles. The lowest BCUT2D eigenvalue weighted by Crippen LogP contribution is -2.74. The minimum absolute atomic E-state index is 0.0948. The molecule has 2 aliphatic heterocycles. The molecular weight excluding hydrogens is 482 g/mol. The molecular formula is C18H24ClN5O4S3. The van der Waals surface area contributed by atoms with Crippen LogP contribution in [-0.4, -0.2) is 79.0 Å². The first kappa shape index (κ1) is 22.9. The average Bonchev–Trinajstić information content (AvgIpc) is 3.17. The van der Waals surface area contributed by atoms with Gasteiger partial charge in [0.1, 0.15) is 21.8 Å². The Hall–Kier alpha value is -1.24. The van der Waals surface area contributed by atoms with Crippen LogP contribution in [0.1, 0.15) is 30.7 Å². The first-order valence-electron chi connectivity index (χ1n) is 10.1. The van der Waals surface area contributed by atoms with Gasteiger partial charge < -0.3 is 20.6 Å². The number of carbonyl (C=O) groups is 3. The third-order valence-corrected chi connectivity index (χ3v) is 10.2. The zero-order chi connectivity index (χ0) is 22.2. The summed E-state index contributed by atoms with van der Waals surface area (Å²) in [6, 6.07) is -1.14. The van der Waals surface area contributed by atoms with Crippen molar-refractivity contribution in [2.45, 2.75) is 59.8 Å². The number of β-lactam (4-membered cyclic amide) rings is 1. The maximum atomic E-state index is 12.7. The number of hydrogen-bond donors (Lipinski definition) is 3. The van der Waals surface area contributed by atoms with Crippen molar-refractivity contribution in [3.63, 3.8) is 0 Å². The highest BCUT2D eigenvalue weighted by atomic mass is 35.5. The molecule has 13 heteroatoms. The molecule has 0 aromatic carbocycles. The molecule has 5 atom stereocenters. The Morgan fingerprint density at radius 1 is 1.32 bits per heavy atom. The SMILES string of the molecule is Cc1nnc(SCC2(C(=O)O)CS[C@@H]3C(NC(=O)NC4CCCCC4Cl)C(=O)N3C2)s1. The standard InChI is InChI=1S/C18H24ClN5O4S3/c1-9-22-23-17(31-9)30-8-18(15(26)27)6-24-13(25)12(14(24)29-7-18)21-16(28)20-11-5-3-2-4-10(11)19/h10-12,14H,2-8H2,1H3,(H,26,27)(H2,20,21,28)/t10?,11?,12?,14-,18?/m1/s1.